The molecule has 0 aliphatic rings. The first kappa shape index (κ1) is 14.0. The lowest BCUT2D eigenvalue weighted by Crippen LogP contribution is -2.38. The van der Waals surface area contributed by atoms with Crippen LogP contribution >= 0.6 is 0 Å². The van der Waals surface area contributed by atoms with E-state index in [4.69, 9.17) is 10.5 Å². The maximum Gasteiger partial charge on any atom is 0.416 e. The minimum absolute atomic E-state index is 0.185. The molecule has 0 radical (unpaired) electrons. The van der Waals surface area contributed by atoms with Crippen LogP contribution in [0.3, 0.4) is 0 Å². The molecule has 1 unspecified atom stereocenters. The van der Waals surface area contributed by atoms with E-state index in [2.05, 4.69) is 0 Å². The second-order valence-corrected chi connectivity index (χ2v) is 4.13. The average molecular weight is 247 g/mol. The Morgan fingerprint density at radius 1 is 1.24 bits per heavy atom. The Hall–Kier alpha value is -1.07. The van der Waals surface area contributed by atoms with Crippen molar-refractivity contribution in [3.8, 4) is 0 Å². The van der Waals surface area contributed by atoms with Gasteiger partial charge in [0.25, 0.3) is 0 Å². The Bertz CT molecular complexity index is 374. The second-order valence-electron chi connectivity index (χ2n) is 4.13. The van der Waals surface area contributed by atoms with Crippen molar-refractivity contribution in [1.29, 1.82) is 0 Å². The van der Waals surface area contributed by atoms with E-state index in [0.717, 1.165) is 12.1 Å². The van der Waals surface area contributed by atoms with Crippen molar-refractivity contribution in [2.75, 3.05) is 13.2 Å². The van der Waals surface area contributed by atoms with Crippen molar-refractivity contribution in [3.63, 3.8) is 0 Å². The fourth-order valence-corrected chi connectivity index (χ4v) is 1.45. The van der Waals surface area contributed by atoms with E-state index in [1.807, 2.05) is 6.92 Å². The summed E-state index contributed by atoms with van der Waals surface area (Å²) in [5.41, 5.74) is 4.75. The molecule has 0 bridgehead atoms. The highest BCUT2D eigenvalue weighted by Crippen LogP contribution is 2.31. The summed E-state index contributed by atoms with van der Waals surface area (Å²) in [5, 5.41) is 0. The van der Waals surface area contributed by atoms with Gasteiger partial charge >= 0.3 is 6.18 Å². The Morgan fingerprint density at radius 3 is 2.35 bits per heavy atom. The van der Waals surface area contributed by atoms with Gasteiger partial charge in [-0.25, -0.2) is 0 Å². The van der Waals surface area contributed by atoms with Crippen LogP contribution in [0.4, 0.5) is 13.2 Å². The van der Waals surface area contributed by atoms with E-state index >= 15 is 0 Å². The molecule has 0 amide bonds. The average Bonchev–Trinajstić information content (AvgIpc) is 2.25. The van der Waals surface area contributed by atoms with Crippen LogP contribution in [0.25, 0.3) is 0 Å². The van der Waals surface area contributed by atoms with E-state index in [1.165, 1.54) is 6.07 Å². The van der Waals surface area contributed by atoms with Gasteiger partial charge in [0.1, 0.15) is 0 Å². The van der Waals surface area contributed by atoms with E-state index in [9.17, 15) is 13.2 Å². The molecular formula is C12H16F3NO. The standard InChI is InChI=1S/C12H16F3NO/c1-3-17-8-11(2,16)9-5-4-6-10(7-9)12(13,14)15/h4-7H,3,8,16H2,1-2H3. The van der Waals surface area contributed by atoms with Crippen LogP contribution in [0, 0.1) is 0 Å². The molecule has 0 aliphatic carbocycles. The predicted octanol–water partition coefficient (Wildman–Crippen LogP) is 2.92. The van der Waals surface area contributed by atoms with Gasteiger partial charge in [-0.15, -0.1) is 0 Å². The fourth-order valence-electron chi connectivity index (χ4n) is 1.45. The van der Waals surface area contributed by atoms with Gasteiger partial charge in [-0.2, -0.15) is 13.2 Å². The zero-order valence-corrected chi connectivity index (χ0v) is 9.84. The van der Waals surface area contributed by atoms with Crippen LogP contribution in [0.1, 0.15) is 25.0 Å². The van der Waals surface area contributed by atoms with Gasteiger partial charge in [-0.1, -0.05) is 12.1 Å². The summed E-state index contributed by atoms with van der Waals surface area (Å²) in [5.74, 6) is 0. The van der Waals surface area contributed by atoms with Gasteiger partial charge in [-0.05, 0) is 31.5 Å². The molecule has 0 saturated carbocycles. The normalized spacial score (nSPS) is 15.6. The number of hydrogen-bond acceptors (Lipinski definition) is 2. The van der Waals surface area contributed by atoms with Gasteiger partial charge < -0.3 is 10.5 Å². The third-order valence-electron chi connectivity index (χ3n) is 2.46. The maximum absolute atomic E-state index is 12.5. The first-order valence-electron chi connectivity index (χ1n) is 5.31. The summed E-state index contributed by atoms with van der Waals surface area (Å²) < 4.78 is 42.8. The third kappa shape index (κ3) is 3.71. The number of rotatable bonds is 4. The third-order valence-corrected chi connectivity index (χ3v) is 2.46. The number of hydrogen-bond donors (Lipinski definition) is 1. The molecule has 1 aromatic rings. The lowest BCUT2D eigenvalue weighted by Gasteiger charge is -2.25. The molecule has 96 valence electrons. The van der Waals surface area contributed by atoms with Crippen LogP contribution in [0.15, 0.2) is 24.3 Å². The minimum atomic E-state index is -4.35. The molecule has 5 heteroatoms. The Kier molecular flexibility index (Phi) is 4.16. The largest absolute Gasteiger partial charge is 0.416 e. The predicted molar refractivity (Wildman–Crippen MR) is 59.5 cm³/mol. The zero-order chi connectivity index (χ0) is 13.1. The van der Waals surface area contributed by atoms with E-state index in [0.29, 0.717) is 12.2 Å². The molecule has 0 spiro atoms. The highest BCUT2D eigenvalue weighted by atomic mass is 19.4. The van der Waals surface area contributed by atoms with Crippen molar-refractivity contribution in [1.82, 2.24) is 0 Å². The van der Waals surface area contributed by atoms with Crippen LogP contribution in [0.2, 0.25) is 0 Å². The SMILES string of the molecule is CCOCC(C)(N)c1cccc(C(F)(F)F)c1. The number of alkyl halides is 3. The summed E-state index contributed by atoms with van der Waals surface area (Å²) >= 11 is 0. The summed E-state index contributed by atoms with van der Waals surface area (Å²) in [6, 6.07) is 5.03. The zero-order valence-electron chi connectivity index (χ0n) is 9.84. The van der Waals surface area contributed by atoms with E-state index in [-0.39, 0.29) is 6.61 Å². The molecule has 1 aromatic carbocycles. The van der Waals surface area contributed by atoms with Gasteiger partial charge in [0.2, 0.25) is 0 Å². The molecule has 0 heterocycles. The Balaban J connectivity index is 2.98. The highest BCUT2D eigenvalue weighted by molar-refractivity contribution is 5.30. The fraction of sp³-hybridized carbons (Fsp3) is 0.500. The van der Waals surface area contributed by atoms with Crippen molar-refractivity contribution >= 4 is 0 Å². The monoisotopic (exact) mass is 247 g/mol. The van der Waals surface area contributed by atoms with E-state index in [1.54, 1.807) is 13.0 Å². The molecule has 1 atom stereocenters. The summed E-state index contributed by atoms with van der Waals surface area (Å²) in [4.78, 5) is 0. The minimum Gasteiger partial charge on any atom is -0.379 e. The molecule has 17 heavy (non-hydrogen) atoms. The summed E-state index contributed by atoms with van der Waals surface area (Å²) in [6.07, 6.45) is -4.35. The van der Waals surface area contributed by atoms with Gasteiger partial charge in [0.15, 0.2) is 0 Å². The van der Waals surface area contributed by atoms with Crippen LogP contribution in [0.5, 0.6) is 0 Å². The highest BCUT2D eigenvalue weighted by Gasteiger charge is 2.32. The van der Waals surface area contributed by atoms with Crippen molar-refractivity contribution in [2.45, 2.75) is 25.6 Å². The second kappa shape index (κ2) is 5.06. The maximum atomic E-state index is 12.5. The molecule has 2 nitrogen and oxygen atoms in total. The number of ether oxygens (including phenoxy) is 1. The molecule has 1 rings (SSSR count). The van der Waals surface area contributed by atoms with Crippen LogP contribution in [-0.4, -0.2) is 13.2 Å². The topological polar surface area (TPSA) is 35.2 Å². The van der Waals surface area contributed by atoms with Crippen LogP contribution in [-0.2, 0) is 16.5 Å². The van der Waals surface area contributed by atoms with Crippen LogP contribution < -0.4 is 5.73 Å². The number of nitrogens with two attached hydrogens (primary N) is 1. The summed E-state index contributed by atoms with van der Waals surface area (Å²) in [7, 11) is 0. The van der Waals surface area contributed by atoms with Crippen molar-refractivity contribution < 1.29 is 17.9 Å². The smallest absolute Gasteiger partial charge is 0.379 e. The summed E-state index contributed by atoms with van der Waals surface area (Å²) in [6.45, 7) is 4.12. The van der Waals surface area contributed by atoms with Crippen molar-refractivity contribution in [2.24, 2.45) is 5.73 Å². The van der Waals surface area contributed by atoms with Gasteiger partial charge in [0, 0.05) is 6.61 Å². The number of halogens is 3. The Morgan fingerprint density at radius 2 is 1.82 bits per heavy atom. The van der Waals surface area contributed by atoms with Gasteiger partial charge in [0.05, 0.1) is 17.7 Å². The molecular weight excluding hydrogens is 231 g/mol. The molecule has 2 N–H and O–H groups in total. The molecule has 0 fully saturated rings. The first-order chi connectivity index (χ1) is 7.77. The number of benzene rings is 1. The first-order valence-corrected chi connectivity index (χ1v) is 5.31. The lowest BCUT2D eigenvalue weighted by molar-refractivity contribution is -0.137. The molecule has 0 saturated heterocycles. The molecule has 0 aliphatic heterocycles. The van der Waals surface area contributed by atoms with E-state index < -0.39 is 17.3 Å². The van der Waals surface area contributed by atoms with Crippen molar-refractivity contribution in [3.05, 3.63) is 35.4 Å². The van der Waals surface area contributed by atoms with Gasteiger partial charge in [-0.3, -0.25) is 0 Å². The Labute approximate surface area is 98.6 Å². The molecule has 0 aromatic heterocycles. The lowest BCUT2D eigenvalue weighted by atomic mass is 9.92. The quantitative estimate of drug-likeness (QED) is 0.887.